The van der Waals surface area contributed by atoms with Crippen LogP contribution in [0.2, 0.25) is 0 Å². The zero-order valence-corrected chi connectivity index (χ0v) is 12.3. The fourth-order valence-corrected chi connectivity index (χ4v) is 1.94. The minimum atomic E-state index is -0.377. The molecule has 0 saturated carbocycles. The topological polar surface area (TPSA) is 75.5 Å². The number of ether oxygens (including phenoxy) is 2. The van der Waals surface area contributed by atoms with Crippen LogP contribution < -0.4 is 4.84 Å². The van der Waals surface area contributed by atoms with Gasteiger partial charge < -0.3 is 14.3 Å². The summed E-state index contributed by atoms with van der Waals surface area (Å²) in [4.78, 5) is 18.3. The van der Waals surface area contributed by atoms with Crippen molar-refractivity contribution in [2.45, 2.75) is 0 Å². The molecular formula is C16H15N3O4. The Hall–Kier alpha value is -2.93. The Balaban J connectivity index is 1.37. The Bertz CT molecular complexity index is 773. The summed E-state index contributed by atoms with van der Waals surface area (Å²) in [6.07, 6.45) is 0. The smallest absolute Gasteiger partial charge is 0.338 e. The number of benzene rings is 2. The van der Waals surface area contributed by atoms with E-state index in [0.29, 0.717) is 5.56 Å². The molecule has 0 aliphatic carbocycles. The summed E-state index contributed by atoms with van der Waals surface area (Å²) in [7, 11) is 0. The molecule has 0 radical (unpaired) electrons. The van der Waals surface area contributed by atoms with Gasteiger partial charge in [-0.1, -0.05) is 35.2 Å². The number of carbonyl (C=O) groups excluding carboxylic acids is 1. The zero-order chi connectivity index (χ0) is 15.9. The molecule has 23 heavy (non-hydrogen) atoms. The summed E-state index contributed by atoms with van der Waals surface area (Å²) in [5, 5.41) is 7.81. The molecule has 3 rings (SSSR count). The fourth-order valence-electron chi connectivity index (χ4n) is 1.94. The Morgan fingerprint density at radius 1 is 1.00 bits per heavy atom. The predicted octanol–water partition coefficient (Wildman–Crippen LogP) is 1.69. The van der Waals surface area contributed by atoms with E-state index in [4.69, 9.17) is 14.3 Å². The van der Waals surface area contributed by atoms with E-state index >= 15 is 0 Å². The molecule has 118 valence electrons. The Morgan fingerprint density at radius 2 is 1.78 bits per heavy atom. The third-order valence-corrected chi connectivity index (χ3v) is 3.05. The summed E-state index contributed by atoms with van der Waals surface area (Å²) in [6, 6.07) is 16.2. The predicted molar refractivity (Wildman–Crippen MR) is 81.7 cm³/mol. The maximum absolute atomic E-state index is 11.7. The van der Waals surface area contributed by atoms with Crippen LogP contribution in [-0.4, -0.2) is 41.1 Å². The van der Waals surface area contributed by atoms with Gasteiger partial charge in [-0.05, 0) is 29.5 Å². The van der Waals surface area contributed by atoms with E-state index in [9.17, 15) is 4.79 Å². The van der Waals surface area contributed by atoms with Gasteiger partial charge in [0.15, 0.2) is 0 Å². The van der Waals surface area contributed by atoms with E-state index in [-0.39, 0.29) is 26.0 Å². The lowest BCUT2D eigenvalue weighted by atomic mass is 10.2. The van der Waals surface area contributed by atoms with E-state index in [0.717, 1.165) is 11.0 Å². The van der Waals surface area contributed by atoms with Gasteiger partial charge in [0.25, 0.3) is 0 Å². The number of aromatic nitrogens is 3. The maximum Gasteiger partial charge on any atom is 0.338 e. The van der Waals surface area contributed by atoms with Gasteiger partial charge in [0.05, 0.1) is 12.2 Å². The number of fused-ring (bicyclic) bond motifs is 1. The second-order valence-electron chi connectivity index (χ2n) is 4.61. The molecule has 0 saturated heterocycles. The summed E-state index contributed by atoms with van der Waals surface area (Å²) in [5.74, 6) is -0.377. The van der Waals surface area contributed by atoms with Gasteiger partial charge >= 0.3 is 5.97 Å². The second-order valence-corrected chi connectivity index (χ2v) is 4.61. The molecule has 0 unspecified atom stereocenters. The minimum Gasteiger partial charge on any atom is -0.460 e. The van der Waals surface area contributed by atoms with E-state index < -0.39 is 0 Å². The molecule has 0 fully saturated rings. The minimum absolute atomic E-state index is 0.0176. The highest BCUT2D eigenvalue weighted by atomic mass is 16.8. The standard InChI is InChI=1S/C16H15N3O4/c20-16(13-6-2-1-3-7-13)22-11-10-21-12-23-19-15-9-5-4-8-14(15)17-18-19/h1-9H,10-12H2. The van der Waals surface area contributed by atoms with Crippen LogP contribution in [0.25, 0.3) is 11.0 Å². The highest BCUT2D eigenvalue weighted by molar-refractivity contribution is 5.89. The largest absolute Gasteiger partial charge is 0.460 e. The van der Waals surface area contributed by atoms with Crippen LogP contribution in [0, 0.1) is 0 Å². The van der Waals surface area contributed by atoms with Crippen molar-refractivity contribution in [3.05, 3.63) is 60.2 Å². The van der Waals surface area contributed by atoms with Crippen LogP contribution in [0.15, 0.2) is 54.6 Å². The molecule has 0 N–H and O–H groups in total. The van der Waals surface area contributed by atoms with E-state index in [1.807, 2.05) is 30.3 Å². The van der Waals surface area contributed by atoms with Crippen LogP contribution >= 0.6 is 0 Å². The van der Waals surface area contributed by atoms with Crippen molar-refractivity contribution in [3.63, 3.8) is 0 Å². The van der Waals surface area contributed by atoms with Crippen LogP contribution in [0.5, 0.6) is 0 Å². The summed E-state index contributed by atoms with van der Waals surface area (Å²) >= 11 is 0. The Labute approximate surface area is 132 Å². The van der Waals surface area contributed by atoms with Gasteiger partial charge in [0.2, 0.25) is 6.79 Å². The van der Waals surface area contributed by atoms with Gasteiger partial charge in [-0.15, -0.1) is 5.10 Å². The third kappa shape index (κ3) is 3.83. The monoisotopic (exact) mass is 313 g/mol. The number of hydrogen-bond acceptors (Lipinski definition) is 6. The number of hydrogen-bond donors (Lipinski definition) is 0. The van der Waals surface area contributed by atoms with Crippen molar-refractivity contribution in [2.75, 3.05) is 20.0 Å². The lowest BCUT2D eigenvalue weighted by Gasteiger charge is -2.07. The number of para-hydroxylation sites is 1. The van der Waals surface area contributed by atoms with Crippen LogP contribution in [-0.2, 0) is 9.47 Å². The molecule has 7 heteroatoms. The average Bonchev–Trinajstić information content (AvgIpc) is 3.02. The Morgan fingerprint density at radius 3 is 2.65 bits per heavy atom. The number of rotatable bonds is 7. The first-order chi connectivity index (χ1) is 11.3. The molecule has 0 aliphatic rings. The lowest BCUT2D eigenvalue weighted by molar-refractivity contribution is -0.0772. The van der Waals surface area contributed by atoms with E-state index in [1.165, 1.54) is 4.85 Å². The molecule has 0 amide bonds. The highest BCUT2D eigenvalue weighted by Gasteiger charge is 2.06. The number of esters is 1. The zero-order valence-electron chi connectivity index (χ0n) is 12.3. The molecule has 1 heterocycles. The van der Waals surface area contributed by atoms with Crippen molar-refractivity contribution in [1.82, 2.24) is 15.2 Å². The number of nitrogens with zero attached hydrogens (tertiary/aromatic N) is 3. The summed E-state index contributed by atoms with van der Waals surface area (Å²) in [6.45, 7) is 0.358. The van der Waals surface area contributed by atoms with Gasteiger partial charge in [0.1, 0.15) is 17.6 Å². The fraction of sp³-hybridized carbons (Fsp3) is 0.188. The molecule has 1 aromatic heterocycles. The van der Waals surface area contributed by atoms with Crippen LogP contribution in [0.3, 0.4) is 0 Å². The quantitative estimate of drug-likeness (QED) is 0.375. The van der Waals surface area contributed by atoms with Crippen molar-refractivity contribution in [1.29, 1.82) is 0 Å². The molecule has 0 aliphatic heterocycles. The van der Waals surface area contributed by atoms with Gasteiger partial charge in [-0.3, -0.25) is 0 Å². The summed E-state index contributed by atoms with van der Waals surface area (Å²) in [5.41, 5.74) is 2.01. The SMILES string of the molecule is O=C(OCCOCOn1nnc2ccccc21)c1ccccc1. The molecule has 0 atom stereocenters. The first-order valence-electron chi connectivity index (χ1n) is 7.08. The summed E-state index contributed by atoms with van der Waals surface area (Å²) < 4.78 is 10.3. The molecule has 7 nitrogen and oxygen atoms in total. The van der Waals surface area contributed by atoms with E-state index in [2.05, 4.69) is 10.3 Å². The molecular weight excluding hydrogens is 298 g/mol. The molecule has 0 bridgehead atoms. The lowest BCUT2D eigenvalue weighted by Crippen LogP contribution is -2.19. The first kappa shape index (κ1) is 15.0. The molecule has 0 spiro atoms. The van der Waals surface area contributed by atoms with Crippen LogP contribution in [0.1, 0.15) is 10.4 Å². The highest BCUT2D eigenvalue weighted by Crippen LogP contribution is 2.07. The first-order valence-corrected chi connectivity index (χ1v) is 7.08. The van der Waals surface area contributed by atoms with Crippen LogP contribution in [0.4, 0.5) is 0 Å². The molecule has 2 aromatic carbocycles. The number of carbonyl (C=O) groups is 1. The van der Waals surface area contributed by atoms with Gasteiger partial charge in [0, 0.05) is 0 Å². The van der Waals surface area contributed by atoms with Gasteiger partial charge in [-0.2, -0.15) is 0 Å². The van der Waals surface area contributed by atoms with Crippen molar-refractivity contribution in [3.8, 4) is 0 Å². The average molecular weight is 313 g/mol. The van der Waals surface area contributed by atoms with Crippen molar-refractivity contribution >= 4 is 17.0 Å². The Kier molecular flexibility index (Phi) is 4.80. The third-order valence-electron chi connectivity index (χ3n) is 3.05. The molecule has 3 aromatic rings. The van der Waals surface area contributed by atoms with Gasteiger partial charge in [-0.25, -0.2) is 4.79 Å². The van der Waals surface area contributed by atoms with Crippen molar-refractivity contribution < 1.29 is 19.1 Å². The normalized spacial score (nSPS) is 10.6. The second kappa shape index (κ2) is 7.37. The van der Waals surface area contributed by atoms with Crippen molar-refractivity contribution in [2.24, 2.45) is 0 Å². The van der Waals surface area contributed by atoms with E-state index in [1.54, 1.807) is 24.3 Å². The maximum atomic E-state index is 11.7.